The van der Waals surface area contributed by atoms with Crippen molar-refractivity contribution in [2.45, 2.75) is 84.0 Å². The van der Waals surface area contributed by atoms with Gasteiger partial charge >= 0.3 is 0 Å². The summed E-state index contributed by atoms with van der Waals surface area (Å²) in [5.41, 5.74) is 0. The third-order valence-electron chi connectivity index (χ3n) is 3.01. The highest BCUT2D eigenvalue weighted by molar-refractivity contribution is 4.81. The van der Waals surface area contributed by atoms with E-state index < -0.39 is 0 Å². The van der Waals surface area contributed by atoms with Gasteiger partial charge in [-0.25, -0.2) is 0 Å². The van der Waals surface area contributed by atoms with E-state index in [1.54, 1.807) is 0 Å². The number of unbranched alkanes of at least 4 members (excludes halogenated alkanes) is 10. The number of allylic oxidation sites excluding steroid dienone is 2. The van der Waals surface area contributed by atoms with E-state index in [9.17, 15) is 0 Å². The molecular formula is C16H31. The Morgan fingerprint density at radius 1 is 0.688 bits per heavy atom. The number of hydrogen-bond donors (Lipinski definition) is 0. The number of rotatable bonds is 12. The molecule has 0 spiro atoms. The molecule has 0 N–H and O–H groups in total. The van der Waals surface area contributed by atoms with Crippen molar-refractivity contribution in [3.63, 3.8) is 0 Å². The van der Waals surface area contributed by atoms with Gasteiger partial charge in [-0.2, -0.15) is 0 Å². The lowest BCUT2D eigenvalue weighted by atomic mass is 10.1. The van der Waals surface area contributed by atoms with Gasteiger partial charge in [0.1, 0.15) is 0 Å². The summed E-state index contributed by atoms with van der Waals surface area (Å²) < 4.78 is 0. The van der Waals surface area contributed by atoms with E-state index in [-0.39, 0.29) is 0 Å². The van der Waals surface area contributed by atoms with E-state index in [1.165, 1.54) is 70.6 Å². The van der Waals surface area contributed by atoms with Crippen LogP contribution >= 0.6 is 0 Å². The minimum Gasteiger partial charge on any atom is -0.0885 e. The van der Waals surface area contributed by atoms with E-state index in [0.717, 1.165) is 6.42 Å². The Morgan fingerprint density at radius 2 is 1.19 bits per heavy atom. The molecule has 0 saturated heterocycles. The van der Waals surface area contributed by atoms with Crippen LogP contribution in [0.15, 0.2) is 12.2 Å². The highest BCUT2D eigenvalue weighted by atomic mass is 14.0. The molecule has 0 heteroatoms. The fraction of sp³-hybridized carbons (Fsp3) is 0.812. The fourth-order valence-electron chi connectivity index (χ4n) is 1.89. The third kappa shape index (κ3) is 13.7. The molecule has 0 aliphatic heterocycles. The molecule has 0 bridgehead atoms. The second kappa shape index (κ2) is 14.7. The molecule has 0 rings (SSSR count). The van der Waals surface area contributed by atoms with Crippen LogP contribution in [0.4, 0.5) is 0 Å². The standard InChI is InChI=1S/C16H31/c1-3-5-7-9-11-13-15-16-14-12-10-8-6-4-2/h12,14H,1,3-11,13,15-16H2,2H3. The van der Waals surface area contributed by atoms with Gasteiger partial charge in [0.25, 0.3) is 0 Å². The second-order valence-electron chi connectivity index (χ2n) is 4.73. The fourth-order valence-corrected chi connectivity index (χ4v) is 1.89. The molecule has 0 saturated carbocycles. The van der Waals surface area contributed by atoms with Crippen LogP contribution in [0.5, 0.6) is 0 Å². The summed E-state index contributed by atoms with van der Waals surface area (Å²) in [4.78, 5) is 0. The van der Waals surface area contributed by atoms with Gasteiger partial charge in [0.05, 0.1) is 0 Å². The highest BCUT2D eigenvalue weighted by Gasteiger charge is 1.89. The monoisotopic (exact) mass is 223 g/mol. The molecule has 0 amide bonds. The topological polar surface area (TPSA) is 0 Å². The molecule has 16 heavy (non-hydrogen) atoms. The van der Waals surface area contributed by atoms with Crippen LogP contribution in [-0.4, -0.2) is 0 Å². The average molecular weight is 223 g/mol. The zero-order valence-electron chi connectivity index (χ0n) is 11.3. The summed E-state index contributed by atoms with van der Waals surface area (Å²) in [7, 11) is 0. The van der Waals surface area contributed by atoms with Crippen molar-refractivity contribution in [3.05, 3.63) is 19.1 Å². The predicted octanol–water partition coefficient (Wildman–Crippen LogP) is 6.08. The summed E-state index contributed by atoms with van der Waals surface area (Å²) >= 11 is 0. The second-order valence-corrected chi connectivity index (χ2v) is 4.73. The van der Waals surface area contributed by atoms with E-state index in [1.807, 2.05) is 0 Å². The van der Waals surface area contributed by atoms with Crippen molar-refractivity contribution in [2.24, 2.45) is 0 Å². The lowest BCUT2D eigenvalue weighted by molar-refractivity contribution is 0.599. The first-order chi connectivity index (χ1) is 7.91. The molecule has 0 atom stereocenters. The first-order valence-electron chi connectivity index (χ1n) is 7.36. The van der Waals surface area contributed by atoms with Crippen molar-refractivity contribution in [2.75, 3.05) is 0 Å². The Hall–Kier alpha value is -0.260. The molecule has 0 fully saturated rings. The quantitative estimate of drug-likeness (QED) is 0.278. The molecule has 0 unspecified atom stereocenters. The molecular weight excluding hydrogens is 192 g/mol. The van der Waals surface area contributed by atoms with Crippen LogP contribution < -0.4 is 0 Å². The Bertz CT molecular complexity index is 135. The summed E-state index contributed by atoms with van der Waals surface area (Å²) in [5.74, 6) is 0. The van der Waals surface area contributed by atoms with Crippen molar-refractivity contribution in [1.82, 2.24) is 0 Å². The predicted molar refractivity (Wildman–Crippen MR) is 75.6 cm³/mol. The van der Waals surface area contributed by atoms with Crippen LogP contribution in [0.25, 0.3) is 0 Å². The van der Waals surface area contributed by atoms with E-state index in [4.69, 9.17) is 0 Å². The molecule has 0 aromatic carbocycles. The summed E-state index contributed by atoms with van der Waals surface area (Å²) in [6, 6.07) is 0. The highest BCUT2D eigenvalue weighted by Crippen LogP contribution is 2.09. The third-order valence-corrected chi connectivity index (χ3v) is 3.01. The molecule has 0 nitrogen and oxygen atoms in total. The minimum atomic E-state index is 1.11. The van der Waals surface area contributed by atoms with Crippen molar-refractivity contribution in [1.29, 1.82) is 0 Å². The molecule has 1 radical (unpaired) electrons. The van der Waals surface area contributed by atoms with Crippen molar-refractivity contribution in [3.8, 4) is 0 Å². The maximum absolute atomic E-state index is 3.87. The SMILES string of the molecule is [CH2]CCCCCCCCC=CCCCCC. The van der Waals surface area contributed by atoms with Crippen LogP contribution in [0.2, 0.25) is 0 Å². The molecule has 95 valence electrons. The van der Waals surface area contributed by atoms with Gasteiger partial charge in [0.15, 0.2) is 0 Å². The van der Waals surface area contributed by atoms with Crippen LogP contribution in [0, 0.1) is 6.92 Å². The van der Waals surface area contributed by atoms with Crippen LogP contribution in [0.3, 0.4) is 0 Å². The van der Waals surface area contributed by atoms with Crippen LogP contribution in [-0.2, 0) is 0 Å². The molecule has 0 aliphatic carbocycles. The summed E-state index contributed by atoms with van der Waals surface area (Å²) in [6.07, 6.45) is 20.9. The Kier molecular flexibility index (Phi) is 14.5. The normalized spacial score (nSPS) is 11.4. The Balaban J connectivity index is 2.97. The maximum Gasteiger partial charge on any atom is -0.0351 e. The van der Waals surface area contributed by atoms with E-state index >= 15 is 0 Å². The van der Waals surface area contributed by atoms with Gasteiger partial charge in [0.2, 0.25) is 0 Å². The summed E-state index contributed by atoms with van der Waals surface area (Å²) in [6.45, 7) is 6.13. The molecule has 0 aliphatic rings. The van der Waals surface area contributed by atoms with Gasteiger partial charge < -0.3 is 0 Å². The van der Waals surface area contributed by atoms with Crippen molar-refractivity contribution < 1.29 is 0 Å². The van der Waals surface area contributed by atoms with Gasteiger partial charge in [-0.3, -0.25) is 0 Å². The molecule has 0 aromatic rings. The van der Waals surface area contributed by atoms with Crippen LogP contribution in [0.1, 0.15) is 84.0 Å². The zero-order chi connectivity index (χ0) is 11.9. The Labute approximate surface area is 104 Å². The zero-order valence-corrected chi connectivity index (χ0v) is 11.3. The first-order valence-corrected chi connectivity index (χ1v) is 7.36. The van der Waals surface area contributed by atoms with E-state index in [2.05, 4.69) is 26.0 Å². The van der Waals surface area contributed by atoms with E-state index in [0.29, 0.717) is 0 Å². The van der Waals surface area contributed by atoms with Gasteiger partial charge in [-0.05, 0) is 25.7 Å². The minimum absolute atomic E-state index is 1.11. The Morgan fingerprint density at radius 3 is 1.75 bits per heavy atom. The molecule has 0 aromatic heterocycles. The van der Waals surface area contributed by atoms with Gasteiger partial charge in [-0.1, -0.05) is 77.4 Å². The van der Waals surface area contributed by atoms with Gasteiger partial charge in [-0.15, -0.1) is 0 Å². The first kappa shape index (κ1) is 15.7. The van der Waals surface area contributed by atoms with Gasteiger partial charge in [0, 0.05) is 0 Å². The smallest absolute Gasteiger partial charge is 0.0351 e. The maximum atomic E-state index is 3.87. The summed E-state index contributed by atoms with van der Waals surface area (Å²) in [5, 5.41) is 0. The number of hydrogen-bond acceptors (Lipinski definition) is 0. The largest absolute Gasteiger partial charge is 0.0885 e. The lowest BCUT2D eigenvalue weighted by Crippen LogP contribution is -1.79. The molecule has 0 heterocycles. The van der Waals surface area contributed by atoms with Crippen molar-refractivity contribution >= 4 is 0 Å². The average Bonchev–Trinajstić information content (AvgIpc) is 2.31. The lowest BCUT2D eigenvalue weighted by Gasteiger charge is -1.98.